The van der Waals surface area contributed by atoms with E-state index in [2.05, 4.69) is 36.2 Å². The maximum atomic E-state index is 5.95. The maximum absolute atomic E-state index is 5.95. The summed E-state index contributed by atoms with van der Waals surface area (Å²) < 4.78 is 0.637. The largest absolute Gasteiger partial charge is 0.339 e. The second-order valence-electron chi connectivity index (χ2n) is 3.85. The number of pyridine rings is 1. The van der Waals surface area contributed by atoms with E-state index in [9.17, 15) is 0 Å². The van der Waals surface area contributed by atoms with Crippen molar-refractivity contribution >= 4 is 49.8 Å². The van der Waals surface area contributed by atoms with E-state index in [4.69, 9.17) is 11.6 Å². The fraction of sp³-hybridized carbons (Fsp3) is 0. The van der Waals surface area contributed by atoms with E-state index in [1.165, 1.54) is 6.33 Å². The summed E-state index contributed by atoms with van der Waals surface area (Å²) >= 11 is 9.31. The molecule has 0 radical (unpaired) electrons. The van der Waals surface area contributed by atoms with E-state index in [0.717, 1.165) is 16.5 Å². The highest BCUT2D eigenvalue weighted by Crippen LogP contribution is 2.31. The Morgan fingerprint density at radius 3 is 2.95 bits per heavy atom. The molecule has 0 atom stereocenters. The summed E-state index contributed by atoms with van der Waals surface area (Å²) in [6.07, 6.45) is 5.00. The van der Waals surface area contributed by atoms with Gasteiger partial charge in [-0.25, -0.2) is 9.97 Å². The van der Waals surface area contributed by atoms with Crippen molar-refractivity contribution in [2.45, 2.75) is 0 Å². The van der Waals surface area contributed by atoms with Crippen LogP contribution in [0.3, 0.4) is 0 Å². The summed E-state index contributed by atoms with van der Waals surface area (Å²) in [7, 11) is 0. The van der Waals surface area contributed by atoms with Crippen LogP contribution in [-0.2, 0) is 0 Å². The molecular weight excluding hydrogens is 328 g/mol. The van der Waals surface area contributed by atoms with Crippen molar-refractivity contribution in [3.05, 3.63) is 52.6 Å². The Hall–Kier alpha value is -1.72. The molecule has 3 rings (SSSR count). The topological polar surface area (TPSA) is 50.7 Å². The minimum atomic E-state index is 0.371. The molecule has 2 heterocycles. The first-order valence-corrected chi connectivity index (χ1v) is 6.68. The van der Waals surface area contributed by atoms with E-state index in [1.807, 2.05) is 30.5 Å². The van der Waals surface area contributed by atoms with Gasteiger partial charge in [0.25, 0.3) is 0 Å². The number of benzene rings is 1. The van der Waals surface area contributed by atoms with Gasteiger partial charge in [-0.15, -0.1) is 0 Å². The Morgan fingerprint density at radius 1 is 1.16 bits per heavy atom. The van der Waals surface area contributed by atoms with Crippen molar-refractivity contribution in [2.75, 3.05) is 5.32 Å². The highest BCUT2D eigenvalue weighted by Gasteiger charge is 2.08. The molecule has 0 aliphatic rings. The lowest BCUT2D eigenvalue weighted by atomic mass is 10.1. The Labute approximate surface area is 123 Å². The number of hydrogen-bond donors (Lipinski definition) is 1. The lowest BCUT2D eigenvalue weighted by molar-refractivity contribution is 1.15. The molecule has 0 spiro atoms. The molecule has 4 nitrogen and oxygen atoms in total. The van der Waals surface area contributed by atoms with Crippen LogP contribution in [0.15, 0.2) is 47.5 Å². The van der Waals surface area contributed by atoms with Gasteiger partial charge in [-0.3, -0.25) is 4.98 Å². The summed E-state index contributed by atoms with van der Waals surface area (Å²) in [4.78, 5) is 12.2. The van der Waals surface area contributed by atoms with Gasteiger partial charge >= 0.3 is 0 Å². The number of halogens is 2. The van der Waals surface area contributed by atoms with Crippen molar-refractivity contribution in [1.29, 1.82) is 0 Å². The van der Waals surface area contributed by atoms with Crippen LogP contribution in [0, 0.1) is 0 Å². The summed E-state index contributed by atoms with van der Waals surface area (Å²) in [5.74, 6) is 0.622. The number of hydrogen-bond acceptors (Lipinski definition) is 4. The van der Waals surface area contributed by atoms with E-state index in [-0.39, 0.29) is 0 Å². The van der Waals surface area contributed by atoms with Crippen LogP contribution in [0.1, 0.15) is 0 Å². The predicted molar refractivity (Wildman–Crippen MR) is 79.8 cm³/mol. The first-order valence-electron chi connectivity index (χ1n) is 5.51. The van der Waals surface area contributed by atoms with Crippen LogP contribution in [0.4, 0.5) is 11.5 Å². The predicted octanol–water partition coefficient (Wildman–Crippen LogP) is 4.18. The monoisotopic (exact) mass is 334 g/mol. The third-order valence-electron chi connectivity index (χ3n) is 2.68. The van der Waals surface area contributed by atoms with E-state index < -0.39 is 0 Å². The molecule has 1 aromatic carbocycles. The Balaban J connectivity index is 2.09. The molecule has 94 valence electrons. The van der Waals surface area contributed by atoms with Crippen molar-refractivity contribution in [3.63, 3.8) is 0 Å². The lowest BCUT2D eigenvalue weighted by Gasteiger charge is -2.10. The van der Waals surface area contributed by atoms with Gasteiger partial charge in [0, 0.05) is 23.5 Å². The molecule has 0 amide bonds. The molecule has 0 fully saturated rings. The molecule has 0 saturated heterocycles. The SMILES string of the molecule is Clc1ncnc(Nc2cccc3ccncc23)c1Br. The zero-order valence-electron chi connectivity index (χ0n) is 9.64. The normalized spacial score (nSPS) is 10.6. The lowest BCUT2D eigenvalue weighted by Crippen LogP contribution is -1.97. The van der Waals surface area contributed by atoms with Gasteiger partial charge in [0.15, 0.2) is 0 Å². The maximum Gasteiger partial charge on any atom is 0.149 e. The highest BCUT2D eigenvalue weighted by atomic mass is 79.9. The average Bonchev–Trinajstić information content (AvgIpc) is 2.44. The Morgan fingerprint density at radius 2 is 2.05 bits per heavy atom. The standard InChI is InChI=1S/C13H8BrClN4/c14-11-12(15)17-7-18-13(11)19-10-3-1-2-8-4-5-16-6-9(8)10/h1-7H,(H,17,18,19). The molecule has 6 heteroatoms. The fourth-order valence-electron chi connectivity index (χ4n) is 1.79. The summed E-state index contributed by atoms with van der Waals surface area (Å²) in [6.45, 7) is 0. The number of rotatable bonds is 2. The molecule has 2 aromatic heterocycles. The minimum absolute atomic E-state index is 0.371. The number of aromatic nitrogens is 3. The van der Waals surface area contributed by atoms with Gasteiger partial charge in [0.2, 0.25) is 0 Å². The van der Waals surface area contributed by atoms with Crippen LogP contribution in [-0.4, -0.2) is 15.0 Å². The molecule has 0 aliphatic carbocycles. The zero-order valence-corrected chi connectivity index (χ0v) is 12.0. The van der Waals surface area contributed by atoms with Crippen LogP contribution >= 0.6 is 27.5 Å². The fourth-order valence-corrected chi connectivity index (χ4v) is 2.22. The van der Waals surface area contributed by atoms with Gasteiger partial charge in [0.1, 0.15) is 17.3 Å². The second-order valence-corrected chi connectivity index (χ2v) is 5.01. The first kappa shape index (κ1) is 12.3. The van der Waals surface area contributed by atoms with Crippen molar-refractivity contribution < 1.29 is 0 Å². The smallest absolute Gasteiger partial charge is 0.149 e. The minimum Gasteiger partial charge on any atom is -0.339 e. The van der Waals surface area contributed by atoms with Crippen LogP contribution in [0.5, 0.6) is 0 Å². The summed E-state index contributed by atoms with van der Waals surface area (Å²) in [6, 6.07) is 7.93. The number of nitrogens with zero attached hydrogens (tertiary/aromatic N) is 3. The third kappa shape index (κ3) is 2.39. The van der Waals surface area contributed by atoms with Gasteiger partial charge in [-0.05, 0) is 33.4 Å². The average molecular weight is 336 g/mol. The Kier molecular flexibility index (Phi) is 3.31. The zero-order chi connectivity index (χ0) is 13.2. The summed E-state index contributed by atoms with van der Waals surface area (Å²) in [5.41, 5.74) is 0.918. The third-order valence-corrected chi connectivity index (χ3v) is 3.95. The molecule has 19 heavy (non-hydrogen) atoms. The van der Waals surface area contributed by atoms with Gasteiger partial charge in [0.05, 0.1) is 4.47 Å². The molecule has 0 aliphatic heterocycles. The number of anilines is 2. The molecule has 1 N–H and O–H groups in total. The molecule has 3 aromatic rings. The highest BCUT2D eigenvalue weighted by molar-refractivity contribution is 9.10. The van der Waals surface area contributed by atoms with E-state index in [1.54, 1.807) is 6.20 Å². The van der Waals surface area contributed by atoms with Crippen molar-refractivity contribution in [2.24, 2.45) is 0 Å². The van der Waals surface area contributed by atoms with Crippen LogP contribution in [0.25, 0.3) is 10.8 Å². The number of fused-ring (bicyclic) bond motifs is 1. The molecular formula is C13H8BrClN4. The Bertz CT molecular complexity index is 742. The van der Waals surface area contributed by atoms with Gasteiger partial charge in [-0.1, -0.05) is 23.7 Å². The van der Waals surface area contributed by atoms with Gasteiger partial charge < -0.3 is 5.32 Å². The molecule has 0 unspecified atom stereocenters. The quantitative estimate of drug-likeness (QED) is 0.714. The van der Waals surface area contributed by atoms with Crippen molar-refractivity contribution in [3.8, 4) is 0 Å². The first-order chi connectivity index (χ1) is 9.25. The molecule has 0 saturated carbocycles. The van der Waals surface area contributed by atoms with E-state index in [0.29, 0.717) is 15.4 Å². The summed E-state index contributed by atoms with van der Waals surface area (Å²) in [5, 5.41) is 5.73. The number of nitrogens with one attached hydrogen (secondary N) is 1. The van der Waals surface area contributed by atoms with Gasteiger partial charge in [-0.2, -0.15) is 0 Å². The van der Waals surface area contributed by atoms with Crippen molar-refractivity contribution in [1.82, 2.24) is 15.0 Å². The van der Waals surface area contributed by atoms with E-state index >= 15 is 0 Å². The molecule has 0 bridgehead atoms. The van der Waals surface area contributed by atoms with Crippen LogP contribution in [0.2, 0.25) is 5.15 Å². The van der Waals surface area contributed by atoms with Crippen LogP contribution < -0.4 is 5.32 Å². The second kappa shape index (κ2) is 5.11.